The molecule has 6 nitrogen and oxygen atoms in total. The minimum absolute atomic E-state index is 0.00397. The normalized spacial score (nSPS) is 17.0. The van der Waals surface area contributed by atoms with Crippen LogP contribution in [0.1, 0.15) is 65.0 Å². The molecule has 2 N–H and O–H groups in total. The van der Waals surface area contributed by atoms with Crippen LogP contribution in [-0.2, 0) is 9.59 Å². The summed E-state index contributed by atoms with van der Waals surface area (Å²) in [6.07, 6.45) is 2.99. The summed E-state index contributed by atoms with van der Waals surface area (Å²) in [5, 5.41) is 20.5. The van der Waals surface area contributed by atoms with E-state index in [4.69, 9.17) is 4.74 Å². The fourth-order valence-corrected chi connectivity index (χ4v) is 3.50. The standard InChI is InChI=1S/C22H31NO5/c1-5-7-8-11-23-20(15-9-10-16(24)18(13-15)28-6-2)19(21(26)22(23)27)17(25)12-14(3)4/h9-10,13-14,20,24,26H,5-8,11-12H2,1-4H3. The van der Waals surface area contributed by atoms with E-state index >= 15 is 0 Å². The maximum atomic E-state index is 12.9. The molecule has 154 valence electrons. The van der Waals surface area contributed by atoms with Crippen molar-refractivity contribution in [3.63, 3.8) is 0 Å². The molecule has 28 heavy (non-hydrogen) atoms. The van der Waals surface area contributed by atoms with Crippen molar-refractivity contribution < 1.29 is 24.5 Å². The molecular weight excluding hydrogens is 358 g/mol. The molecule has 0 radical (unpaired) electrons. The maximum Gasteiger partial charge on any atom is 0.290 e. The van der Waals surface area contributed by atoms with E-state index < -0.39 is 17.7 Å². The van der Waals surface area contributed by atoms with Gasteiger partial charge in [-0.25, -0.2) is 0 Å². The Labute approximate surface area is 166 Å². The van der Waals surface area contributed by atoms with Gasteiger partial charge in [0.05, 0.1) is 18.2 Å². The van der Waals surface area contributed by atoms with Crippen LogP contribution in [0.2, 0.25) is 0 Å². The number of benzene rings is 1. The van der Waals surface area contributed by atoms with Gasteiger partial charge in [0.1, 0.15) is 0 Å². The van der Waals surface area contributed by atoms with Crippen LogP contribution in [-0.4, -0.2) is 40.0 Å². The van der Waals surface area contributed by atoms with Crippen LogP contribution in [0.3, 0.4) is 0 Å². The molecule has 0 fully saturated rings. The average Bonchev–Trinajstić information content (AvgIpc) is 2.88. The third-order valence-corrected chi connectivity index (χ3v) is 4.80. The summed E-state index contributed by atoms with van der Waals surface area (Å²) in [4.78, 5) is 27.2. The molecular formula is C22H31NO5. The van der Waals surface area contributed by atoms with Gasteiger partial charge >= 0.3 is 0 Å². The Balaban J connectivity index is 2.49. The van der Waals surface area contributed by atoms with Crippen molar-refractivity contribution in [1.29, 1.82) is 0 Å². The van der Waals surface area contributed by atoms with Gasteiger partial charge in [-0.2, -0.15) is 0 Å². The number of aromatic hydroxyl groups is 1. The molecule has 0 aliphatic carbocycles. The summed E-state index contributed by atoms with van der Waals surface area (Å²) in [5.74, 6) is -0.803. The van der Waals surface area contributed by atoms with E-state index in [9.17, 15) is 19.8 Å². The summed E-state index contributed by atoms with van der Waals surface area (Å²) in [7, 11) is 0. The lowest BCUT2D eigenvalue weighted by Gasteiger charge is -2.27. The van der Waals surface area contributed by atoms with Gasteiger partial charge in [-0.05, 0) is 37.0 Å². The molecule has 1 aliphatic heterocycles. The van der Waals surface area contributed by atoms with Gasteiger partial charge in [-0.1, -0.05) is 39.7 Å². The van der Waals surface area contributed by atoms with Crippen LogP contribution in [0, 0.1) is 5.92 Å². The Morgan fingerprint density at radius 1 is 1.21 bits per heavy atom. The van der Waals surface area contributed by atoms with Crippen LogP contribution in [0.5, 0.6) is 11.5 Å². The number of unbranched alkanes of at least 4 members (excludes halogenated alkanes) is 2. The molecule has 1 aromatic carbocycles. The van der Waals surface area contributed by atoms with Gasteiger partial charge in [0.25, 0.3) is 5.91 Å². The third kappa shape index (κ3) is 4.66. The Morgan fingerprint density at radius 2 is 1.93 bits per heavy atom. The highest BCUT2D eigenvalue weighted by molar-refractivity contribution is 6.09. The van der Waals surface area contributed by atoms with Crippen molar-refractivity contribution >= 4 is 11.7 Å². The fraction of sp³-hybridized carbons (Fsp3) is 0.545. The highest BCUT2D eigenvalue weighted by Gasteiger charge is 2.43. The van der Waals surface area contributed by atoms with Crippen LogP contribution in [0.25, 0.3) is 0 Å². The number of amides is 1. The molecule has 0 bridgehead atoms. The lowest BCUT2D eigenvalue weighted by atomic mass is 9.92. The summed E-state index contributed by atoms with van der Waals surface area (Å²) in [5.41, 5.74) is 0.783. The second-order valence-corrected chi connectivity index (χ2v) is 7.55. The van der Waals surface area contributed by atoms with Gasteiger partial charge in [-0.3, -0.25) is 9.59 Å². The van der Waals surface area contributed by atoms with Crippen molar-refractivity contribution in [3.05, 3.63) is 35.1 Å². The van der Waals surface area contributed by atoms with Crippen molar-refractivity contribution in [2.75, 3.05) is 13.2 Å². The number of nitrogens with zero attached hydrogens (tertiary/aromatic N) is 1. The molecule has 0 aromatic heterocycles. The number of ether oxygens (including phenoxy) is 1. The average molecular weight is 389 g/mol. The minimum Gasteiger partial charge on any atom is -0.504 e. The molecule has 1 unspecified atom stereocenters. The second-order valence-electron chi connectivity index (χ2n) is 7.55. The van der Waals surface area contributed by atoms with E-state index in [2.05, 4.69) is 6.92 Å². The first kappa shape index (κ1) is 21.8. The highest BCUT2D eigenvalue weighted by Crippen LogP contribution is 2.41. The summed E-state index contributed by atoms with van der Waals surface area (Å²) in [6.45, 7) is 8.56. The zero-order valence-corrected chi connectivity index (χ0v) is 17.2. The highest BCUT2D eigenvalue weighted by atomic mass is 16.5. The van der Waals surface area contributed by atoms with Crippen LogP contribution in [0.15, 0.2) is 29.5 Å². The number of phenolic OH excluding ortho intramolecular Hbond substituents is 1. The predicted octanol–water partition coefficient (Wildman–Crippen LogP) is 4.29. The molecule has 1 amide bonds. The number of ketones is 1. The van der Waals surface area contributed by atoms with E-state index in [0.29, 0.717) is 24.5 Å². The van der Waals surface area contributed by atoms with Crippen molar-refractivity contribution in [3.8, 4) is 11.5 Å². The first-order chi connectivity index (χ1) is 13.3. The number of hydrogen-bond acceptors (Lipinski definition) is 5. The summed E-state index contributed by atoms with van der Waals surface area (Å²) < 4.78 is 5.47. The Kier molecular flexibility index (Phi) is 7.49. The quantitative estimate of drug-likeness (QED) is 0.583. The molecule has 1 aliphatic rings. The van der Waals surface area contributed by atoms with E-state index in [0.717, 1.165) is 19.3 Å². The van der Waals surface area contributed by atoms with E-state index in [1.807, 2.05) is 20.8 Å². The van der Waals surface area contributed by atoms with E-state index in [-0.39, 0.29) is 29.4 Å². The van der Waals surface area contributed by atoms with Gasteiger partial charge in [0.2, 0.25) is 0 Å². The van der Waals surface area contributed by atoms with Gasteiger partial charge in [0.15, 0.2) is 23.0 Å². The number of hydrogen-bond donors (Lipinski definition) is 2. The molecule has 0 saturated carbocycles. The lowest BCUT2D eigenvalue weighted by Crippen LogP contribution is -2.32. The first-order valence-corrected chi connectivity index (χ1v) is 10.0. The number of rotatable bonds is 10. The van der Waals surface area contributed by atoms with E-state index in [1.54, 1.807) is 17.0 Å². The Morgan fingerprint density at radius 3 is 2.54 bits per heavy atom. The predicted molar refractivity (Wildman–Crippen MR) is 107 cm³/mol. The topological polar surface area (TPSA) is 87.1 Å². The third-order valence-electron chi connectivity index (χ3n) is 4.80. The number of aliphatic hydroxyl groups is 1. The van der Waals surface area contributed by atoms with Gasteiger partial charge in [-0.15, -0.1) is 0 Å². The number of aliphatic hydroxyl groups excluding tert-OH is 1. The zero-order valence-electron chi connectivity index (χ0n) is 17.2. The van der Waals surface area contributed by atoms with Crippen LogP contribution < -0.4 is 4.74 Å². The molecule has 0 saturated heterocycles. The van der Waals surface area contributed by atoms with Crippen LogP contribution >= 0.6 is 0 Å². The fourth-order valence-electron chi connectivity index (χ4n) is 3.50. The largest absolute Gasteiger partial charge is 0.504 e. The monoisotopic (exact) mass is 389 g/mol. The number of phenols is 1. The summed E-state index contributed by atoms with van der Waals surface area (Å²) in [6, 6.07) is 4.14. The molecule has 1 heterocycles. The SMILES string of the molecule is CCCCCN1C(=O)C(O)=C(C(=O)CC(C)C)C1c1ccc(O)c(OCC)c1. The first-order valence-electron chi connectivity index (χ1n) is 10.0. The number of Topliss-reactive ketones (excluding diaryl/α,β-unsaturated/α-hetero) is 1. The van der Waals surface area contributed by atoms with Crippen LogP contribution in [0.4, 0.5) is 0 Å². The maximum absolute atomic E-state index is 12.9. The molecule has 0 spiro atoms. The number of carbonyl (C=O) groups excluding carboxylic acids is 2. The van der Waals surface area contributed by atoms with Crippen molar-refractivity contribution in [1.82, 2.24) is 4.90 Å². The summed E-state index contributed by atoms with van der Waals surface area (Å²) >= 11 is 0. The van der Waals surface area contributed by atoms with Crippen molar-refractivity contribution in [2.24, 2.45) is 5.92 Å². The second kappa shape index (κ2) is 9.62. The van der Waals surface area contributed by atoms with Gasteiger partial charge in [0, 0.05) is 13.0 Å². The smallest absolute Gasteiger partial charge is 0.290 e. The molecule has 6 heteroatoms. The number of carbonyl (C=O) groups is 2. The molecule has 1 aromatic rings. The molecule has 1 atom stereocenters. The Bertz CT molecular complexity index is 753. The van der Waals surface area contributed by atoms with Crippen molar-refractivity contribution in [2.45, 2.75) is 59.4 Å². The lowest BCUT2D eigenvalue weighted by molar-refractivity contribution is -0.129. The molecule has 2 rings (SSSR count). The zero-order chi connectivity index (χ0) is 20.8. The Hall–Kier alpha value is -2.50. The minimum atomic E-state index is -0.671. The van der Waals surface area contributed by atoms with Gasteiger partial charge < -0.3 is 19.8 Å². The van der Waals surface area contributed by atoms with E-state index in [1.165, 1.54) is 6.07 Å².